The molecule has 0 radical (unpaired) electrons. The summed E-state index contributed by atoms with van der Waals surface area (Å²) in [5, 5.41) is 9.89. The Bertz CT molecular complexity index is 4230. The number of thiazole rings is 2. The molecule has 5 N–H and O–H groups in total. The van der Waals surface area contributed by atoms with E-state index in [1.165, 1.54) is 59.9 Å². The van der Waals surface area contributed by atoms with Gasteiger partial charge in [-0.05, 0) is 181 Å². The van der Waals surface area contributed by atoms with Crippen LogP contribution in [0.1, 0.15) is 140 Å². The minimum Gasteiger partial charge on any atom is -0.412 e. The summed E-state index contributed by atoms with van der Waals surface area (Å²) >= 11 is 24.1. The van der Waals surface area contributed by atoms with Crippen LogP contribution in [0.15, 0.2) is 121 Å². The monoisotopic (exact) mass is 2100 g/mol. The number of rotatable bonds is 15. The van der Waals surface area contributed by atoms with E-state index in [-0.39, 0.29) is 109 Å². The summed E-state index contributed by atoms with van der Waals surface area (Å²) < 4.78 is 62.0. The van der Waals surface area contributed by atoms with E-state index >= 15 is 0 Å². The molecule has 0 fully saturated rings. The van der Waals surface area contributed by atoms with Gasteiger partial charge in [-0.25, -0.2) is 61.8 Å². The van der Waals surface area contributed by atoms with Gasteiger partial charge < -0.3 is 25.8 Å². The van der Waals surface area contributed by atoms with Crippen molar-refractivity contribution in [3.63, 3.8) is 0 Å². The number of nitrogens with two attached hydrogens (primary N) is 1. The second-order valence-electron chi connectivity index (χ2n) is 21.3. The van der Waals surface area contributed by atoms with Crippen molar-refractivity contribution in [3.05, 3.63) is 193 Å². The molecule has 522 valence electrons. The van der Waals surface area contributed by atoms with Crippen LogP contribution in [0.5, 0.6) is 0 Å². The van der Waals surface area contributed by atoms with E-state index < -0.39 is 23.7 Å². The molecule has 0 amide bonds. The summed E-state index contributed by atoms with van der Waals surface area (Å²) in [6, 6.07) is 31.9. The first kappa shape index (κ1) is 89.3. The van der Waals surface area contributed by atoms with Crippen molar-refractivity contribution in [1.82, 2.24) is 29.9 Å². The second kappa shape index (κ2) is 43.9. The summed E-state index contributed by atoms with van der Waals surface area (Å²) in [6.45, 7) is 20.0. The molecule has 4 aromatic carbocycles. The molecule has 0 saturated carbocycles. The number of carboxylic acids is 1. The van der Waals surface area contributed by atoms with Crippen LogP contribution in [-0.4, -0.2) is 77.4 Å². The molecule has 6 aromatic heterocycles. The standard InChI is InChI=1S/C19H19ClFNO3.C18H17FN2O2S.C16H13FN2O2S.C14H14ClFN2.I3.I2.HI.H2O.H3P/c1-4-25-19(24)17(23)10-15-14(11(2)3)9-16(22-18(15)20)12-5-7-13(21)8-6-12;1-4-23-18(22)17-21-15-13(10(2)3)9-14(20-16(15)24-17)11-5-7-12(19)8-6-11;1-8(2)11-7-12(9-3-5-10(17)6-4-9)18-14-13(11)19-15(22-14)16(20)21;1-8(2)11-7-12(18-14(15)13(11)17)9-3-5-10(16)6-4-9;1-3-2;1-2;;;/h5-9,11H,4,10H2,1-3H3;5-10H,4H2,1-3H3;3-8H,1-2H3,(H,20,21);3-8H,17H2,1-2H3;;;1H;1H2;1H3/q;;;;-1;;;;. The number of pyridine rings is 4. The van der Waals surface area contributed by atoms with Gasteiger partial charge in [0.1, 0.15) is 49.1 Å². The number of carboxylic acid groups (broad SMARTS) is 1. The van der Waals surface area contributed by atoms with Gasteiger partial charge in [0.15, 0.2) is 5.15 Å². The second-order valence-corrected chi connectivity index (χ2v) is 40.2. The molecule has 1 unspecified atom stereocenters. The van der Waals surface area contributed by atoms with Crippen LogP contribution in [0, 0.1) is 23.3 Å². The third-order valence-corrected chi connectivity index (χ3v) is 15.9. The summed E-state index contributed by atoms with van der Waals surface area (Å²) in [7, 11) is 0. The first-order chi connectivity index (χ1) is 44.7. The molecule has 30 heteroatoms. The van der Waals surface area contributed by atoms with Gasteiger partial charge in [0.25, 0.3) is 0 Å². The molecule has 10 rings (SSSR count). The molecule has 6 heterocycles. The zero-order valence-corrected chi connectivity index (χ0v) is 71.4. The Labute approximate surface area is 652 Å². The number of esters is 2. The summed E-state index contributed by atoms with van der Waals surface area (Å²) in [4.78, 5) is 74.2. The van der Waals surface area contributed by atoms with Crippen LogP contribution in [0.25, 0.3) is 65.7 Å². The van der Waals surface area contributed by atoms with E-state index in [1.54, 1.807) is 62.4 Å². The van der Waals surface area contributed by atoms with E-state index in [9.17, 15) is 36.7 Å². The van der Waals surface area contributed by atoms with Gasteiger partial charge in [-0.15, -0.1) is 24.0 Å². The number of anilines is 1. The molecule has 0 bridgehead atoms. The molecule has 0 aliphatic heterocycles. The van der Waals surface area contributed by atoms with E-state index in [0.29, 0.717) is 79.1 Å². The number of Topliss-reactive ketones (excluding diaryl/α,β-unsaturated/α-hetero) is 1. The predicted octanol–water partition coefficient (Wildman–Crippen LogP) is 18.1. The quantitative estimate of drug-likeness (QED) is 0.0242. The first-order valence-electron chi connectivity index (χ1n) is 28.6. The maximum atomic E-state index is 13.1. The number of ketones is 1. The summed E-state index contributed by atoms with van der Waals surface area (Å²) in [6.07, 6.45) is -0.165. The van der Waals surface area contributed by atoms with E-state index in [4.69, 9.17) is 43.5 Å². The van der Waals surface area contributed by atoms with Crippen molar-refractivity contribution in [3.8, 4) is 45.0 Å². The van der Waals surface area contributed by atoms with Crippen molar-refractivity contribution in [1.29, 1.82) is 0 Å². The summed E-state index contributed by atoms with van der Waals surface area (Å²) in [5.41, 5.74) is 17.9. The van der Waals surface area contributed by atoms with E-state index in [1.807, 2.05) is 65.8 Å². The van der Waals surface area contributed by atoms with Crippen molar-refractivity contribution < 1.29 is 70.1 Å². The van der Waals surface area contributed by atoms with Crippen LogP contribution in [-0.2, 0) is 25.5 Å². The first-order valence-corrected chi connectivity index (χ1v) is 49.9. The zero-order chi connectivity index (χ0) is 69.7. The van der Waals surface area contributed by atoms with Crippen molar-refractivity contribution >= 4 is 204 Å². The van der Waals surface area contributed by atoms with Crippen LogP contribution >= 0.6 is 154 Å². The Kier molecular flexibility index (Phi) is 40.4. The smallest absolute Gasteiger partial charge is 0.153 e. The van der Waals surface area contributed by atoms with Gasteiger partial charge in [0.2, 0.25) is 15.8 Å². The number of nitrogen functional groups attached to an aromatic ring is 1. The Balaban J connectivity index is 0.000000428. The number of halogens is 12. The number of fused-ring (bicyclic) bond motifs is 2. The maximum Gasteiger partial charge on any atom is -0.153 e. The molecule has 0 spiro atoms. The Morgan fingerprint density at radius 1 is 0.526 bits per heavy atom. The third-order valence-electron chi connectivity index (χ3n) is 13.5. The molecule has 0 aliphatic carbocycles. The van der Waals surface area contributed by atoms with Crippen molar-refractivity contribution in [2.45, 2.75) is 99.3 Å². The van der Waals surface area contributed by atoms with Crippen molar-refractivity contribution in [2.75, 3.05) is 18.9 Å². The van der Waals surface area contributed by atoms with Gasteiger partial charge in [-0.1, -0.05) is 101 Å². The van der Waals surface area contributed by atoms with Crippen LogP contribution in [0.2, 0.25) is 10.3 Å². The fourth-order valence-corrected chi connectivity index (χ4v) is 11.1. The Morgan fingerprint density at radius 2 is 0.835 bits per heavy atom. The number of carbonyl (C=O) groups excluding carboxylic acids is 3. The van der Waals surface area contributed by atoms with Gasteiger partial charge in [0, 0.05) is 71.5 Å². The van der Waals surface area contributed by atoms with Gasteiger partial charge in [-0.3, -0.25) is 4.79 Å². The molecule has 0 saturated heterocycles. The number of carbonyl (C=O) groups is 4. The molecule has 10 aromatic rings. The van der Waals surface area contributed by atoms with Crippen LogP contribution in [0.4, 0.5) is 23.2 Å². The minimum atomic E-state index is -1.05. The average Bonchev–Trinajstić information content (AvgIpc) is 1.74. The number of nitrogens with zero attached hydrogens (tertiary/aromatic N) is 6. The molecular weight excluding hydrogens is 2030 g/mol. The molecule has 97 heavy (non-hydrogen) atoms. The van der Waals surface area contributed by atoms with Crippen LogP contribution in [0.3, 0.4) is 0 Å². The number of ether oxygens (including phenoxy) is 2. The normalized spacial score (nSPS) is 10.4. The number of hydrogen-bond acceptors (Lipinski definition) is 15. The fourth-order valence-electron chi connectivity index (χ4n) is 8.91. The largest absolute Gasteiger partial charge is 0.412 e. The summed E-state index contributed by atoms with van der Waals surface area (Å²) in [5.74, 6) is -3.53. The predicted molar refractivity (Wildman–Crippen MR) is 430 cm³/mol. The minimum absolute atomic E-state index is 0. The molecule has 0 aliphatic rings. The van der Waals surface area contributed by atoms with E-state index in [2.05, 4.69) is 118 Å². The van der Waals surface area contributed by atoms with E-state index in [0.717, 1.165) is 61.5 Å². The fraction of sp³-hybridized carbons (Fsp3) is 0.254. The number of hydrogen-bond donors (Lipinski definition) is 2. The maximum absolute atomic E-state index is 13.1. The molecule has 15 nitrogen and oxygen atoms in total. The Hall–Kier alpha value is -3.79. The zero-order valence-electron chi connectivity index (χ0n) is 53.7. The number of aromatic carboxylic acids is 1. The average molecular weight is 2100 g/mol. The van der Waals surface area contributed by atoms with Gasteiger partial charge in [-0.2, -0.15) is 9.90 Å². The number of benzene rings is 4. The van der Waals surface area contributed by atoms with Crippen molar-refractivity contribution in [2.24, 2.45) is 0 Å². The van der Waals surface area contributed by atoms with Gasteiger partial charge in [0.05, 0.1) is 41.7 Å². The molecular formula is C67H69Cl2F4I6N7O8PS2-. The topological polar surface area (TPSA) is 242 Å². The Morgan fingerprint density at radius 3 is 1.18 bits per heavy atom. The molecule has 1 atom stereocenters. The SMILES string of the molecule is CC(C)c1cc(-c2ccc(F)cc2)nc(Cl)c1N.CC(C)c1cc(-c2ccc(F)cc2)nc2sc(C(=O)O)nc12.CCOC(=O)C(=O)Cc1c(C(C)C)cc(-c2ccc(F)cc2)nc1Cl.CCOC(=O)c1nc2c(C(C)C)cc(-c3ccc(F)cc3)nc2s1.I.II.I[I-]I.O.P. The third kappa shape index (κ3) is 25.9. The number of aromatic nitrogens is 6. The van der Waals surface area contributed by atoms with Gasteiger partial charge >= 0.3 is 68.4 Å². The van der Waals surface area contributed by atoms with Crippen LogP contribution < -0.4 is 19.0 Å².